The van der Waals surface area contributed by atoms with E-state index in [0.717, 1.165) is 0 Å². The molecular formula is C24H3BF17-. The van der Waals surface area contributed by atoms with Gasteiger partial charge in [0.05, 0.1) is 5.82 Å². The van der Waals surface area contributed by atoms with Gasteiger partial charge in [-0.05, 0) is 6.07 Å². The molecule has 0 saturated heterocycles. The molecule has 222 valence electrons. The maximum Gasteiger partial charge on any atom is 0.200 e. The van der Waals surface area contributed by atoms with Crippen molar-refractivity contribution >= 4 is 28.0 Å². The third-order valence-electron chi connectivity index (χ3n) is 6.46. The van der Waals surface area contributed by atoms with Gasteiger partial charge in [0.15, 0.2) is 52.4 Å². The van der Waals surface area contributed by atoms with Crippen molar-refractivity contribution in [2.75, 3.05) is 0 Å². The molecule has 0 heterocycles. The third kappa shape index (κ3) is 3.94. The average Bonchev–Trinajstić information content (AvgIpc) is 2.94. The molecule has 42 heavy (non-hydrogen) atoms. The van der Waals surface area contributed by atoms with Gasteiger partial charge in [-0.15, -0.1) is 16.4 Å². The SMILES string of the molecule is Fc1ccc([B-](c2c(F)c(F)c(F)c(F)c2F)(c2c(F)c(F)c(F)c(F)c2F)c2c(F)c(F)c(F)c(F)c2F)c(F)c1. The molecule has 0 atom stereocenters. The minimum Gasteiger partial charge on any atom is -0.210 e. The lowest BCUT2D eigenvalue weighted by Crippen LogP contribution is -2.80. The van der Waals surface area contributed by atoms with E-state index in [1.807, 2.05) is 0 Å². The summed E-state index contributed by atoms with van der Waals surface area (Å²) in [4.78, 5) is 0. The highest BCUT2D eigenvalue weighted by molar-refractivity contribution is 7.20. The molecule has 0 unspecified atom stereocenters. The van der Waals surface area contributed by atoms with E-state index in [1.54, 1.807) is 0 Å². The number of hydrogen-bond acceptors (Lipinski definition) is 0. The van der Waals surface area contributed by atoms with Gasteiger partial charge in [-0.3, -0.25) is 0 Å². The van der Waals surface area contributed by atoms with Crippen LogP contribution in [-0.4, -0.2) is 6.15 Å². The molecular weight excluding hydrogens is 622 g/mol. The maximum absolute atomic E-state index is 15.3. The van der Waals surface area contributed by atoms with Gasteiger partial charge in [-0.1, -0.05) is 6.07 Å². The smallest absolute Gasteiger partial charge is 0.200 e. The van der Waals surface area contributed by atoms with Crippen molar-refractivity contribution in [3.8, 4) is 0 Å². The van der Waals surface area contributed by atoms with Crippen LogP contribution in [0.1, 0.15) is 0 Å². The van der Waals surface area contributed by atoms with Crippen molar-refractivity contribution in [2.24, 2.45) is 0 Å². The molecule has 4 aromatic carbocycles. The summed E-state index contributed by atoms with van der Waals surface area (Å²) in [5, 5.41) is 0. The normalized spacial score (nSPS) is 11.9. The topological polar surface area (TPSA) is 0 Å². The standard InChI is InChI=1S/C24H3BF17/c26-4-1-2-5(6(27)3-4)25(7-10(28)16(34)22(40)17(35)11(7)29,8-12(30)18(36)23(41)19(37)13(8)31)9-14(32)20(38)24(42)21(39)15(9)33/h1-3H/q-1. The first kappa shape index (κ1) is 30.7. The van der Waals surface area contributed by atoms with Gasteiger partial charge < -0.3 is 0 Å². The Balaban J connectivity index is 2.59. The van der Waals surface area contributed by atoms with Gasteiger partial charge in [-0.2, -0.15) is 5.46 Å². The van der Waals surface area contributed by atoms with E-state index in [1.165, 1.54) is 0 Å². The van der Waals surface area contributed by atoms with E-state index in [-0.39, 0.29) is 12.1 Å². The van der Waals surface area contributed by atoms with Gasteiger partial charge in [0, 0.05) is 6.07 Å². The Hall–Kier alpha value is -4.25. The lowest BCUT2D eigenvalue weighted by Gasteiger charge is -2.44. The molecule has 18 heteroatoms. The summed E-state index contributed by atoms with van der Waals surface area (Å²) in [6.45, 7) is 0. The fourth-order valence-electron chi connectivity index (χ4n) is 4.76. The van der Waals surface area contributed by atoms with E-state index >= 15 is 30.7 Å². The minimum atomic E-state index is -6.30. The van der Waals surface area contributed by atoms with Crippen LogP contribution in [0.3, 0.4) is 0 Å². The molecule has 0 saturated carbocycles. The first-order valence-corrected chi connectivity index (χ1v) is 10.6. The first-order chi connectivity index (χ1) is 19.4. The van der Waals surface area contributed by atoms with Crippen LogP contribution in [0.25, 0.3) is 0 Å². The van der Waals surface area contributed by atoms with E-state index in [9.17, 15) is 43.9 Å². The van der Waals surface area contributed by atoms with Crippen LogP contribution >= 0.6 is 0 Å². The number of hydrogen-bond donors (Lipinski definition) is 0. The largest absolute Gasteiger partial charge is 0.210 e. The van der Waals surface area contributed by atoms with Crippen molar-refractivity contribution < 1.29 is 74.6 Å². The molecule has 0 aromatic heterocycles. The Bertz CT molecular complexity index is 1560. The van der Waals surface area contributed by atoms with E-state index in [4.69, 9.17) is 0 Å². The van der Waals surface area contributed by atoms with Crippen LogP contribution in [-0.2, 0) is 0 Å². The fourth-order valence-corrected chi connectivity index (χ4v) is 4.76. The molecule has 0 aliphatic heterocycles. The van der Waals surface area contributed by atoms with Crippen molar-refractivity contribution in [3.63, 3.8) is 0 Å². The number of benzene rings is 4. The summed E-state index contributed by atoms with van der Waals surface area (Å²) >= 11 is 0. The Morgan fingerprint density at radius 2 is 0.548 bits per heavy atom. The molecule has 0 fully saturated rings. The molecule has 0 amide bonds. The second-order valence-corrected chi connectivity index (χ2v) is 8.48. The summed E-state index contributed by atoms with van der Waals surface area (Å²) in [5.74, 6) is -52.8. The molecule has 0 nitrogen and oxygen atoms in total. The first-order valence-electron chi connectivity index (χ1n) is 10.6. The highest BCUT2D eigenvalue weighted by atomic mass is 19.2. The van der Waals surface area contributed by atoms with Crippen LogP contribution in [0.15, 0.2) is 18.2 Å². The second-order valence-electron chi connectivity index (χ2n) is 8.48. The summed E-state index contributed by atoms with van der Waals surface area (Å²) < 4.78 is 249. The fraction of sp³-hybridized carbons (Fsp3) is 0. The Labute approximate surface area is 220 Å². The van der Waals surface area contributed by atoms with Crippen LogP contribution in [0.5, 0.6) is 0 Å². The van der Waals surface area contributed by atoms with Crippen LogP contribution in [0.4, 0.5) is 74.6 Å². The predicted molar refractivity (Wildman–Crippen MR) is 109 cm³/mol. The number of halogens is 17. The summed E-state index contributed by atoms with van der Waals surface area (Å²) in [5.41, 5.74) is -11.3. The molecule has 0 N–H and O–H groups in total. The molecule has 0 spiro atoms. The Kier molecular flexibility index (Phi) is 7.48. The van der Waals surface area contributed by atoms with Crippen LogP contribution in [0, 0.1) is 98.9 Å². The lowest BCUT2D eigenvalue weighted by molar-refractivity contribution is 0.380. The van der Waals surface area contributed by atoms with Gasteiger partial charge >= 0.3 is 0 Å². The highest BCUT2D eigenvalue weighted by Crippen LogP contribution is 2.28. The van der Waals surface area contributed by atoms with Crippen molar-refractivity contribution in [1.29, 1.82) is 0 Å². The summed E-state index contributed by atoms with van der Waals surface area (Å²) in [6, 6.07) is -0.784. The van der Waals surface area contributed by atoms with E-state index in [0.29, 0.717) is 0 Å². The molecule has 0 bridgehead atoms. The Morgan fingerprint density at radius 1 is 0.310 bits per heavy atom. The van der Waals surface area contributed by atoms with Gasteiger partial charge in [-0.25, -0.2) is 74.6 Å². The van der Waals surface area contributed by atoms with Gasteiger partial charge in [0.25, 0.3) is 0 Å². The molecule has 4 aromatic rings. The van der Waals surface area contributed by atoms with Gasteiger partial charge in [0.2, 0.25) is 0 Å². The molecule has 0 radical (unpaired) electrons. The quantitative estimate of drug-likeness (QED) is 0.123. The molecule has 0 aliphatic carbocycles. The predicted octanol–water partition coefficient (Wildman–Crippen LogP) is 5.43. The van der Waals surface area contributed by atoms with Crippen molar-refractivity contribution in [3.05, 3.63) is 117 Å². The molecule has 4 rings (SSSR count). The van der Waals surface area contributed by atoms with E-state index in [2.05, 4.69) is 0 Å². The maximum atomic E-state index is 15.3. The lowest BCUT2D eigenvalue weighted by atomic mass is 9.12. The van der Waals surface area contributed by atoms with Crippen LogP contribution < -0.4 is 21.9 Å². The zero-order chi connectivity index (χ0) is 31.7. The monoisotopic (exact) mass is 625 g/mol. The van der Waals surface area contributed by atoms with E-state index < -0.39 is 133 Å². The minimum absolute atomic E-state index is 0.0704. The second kappa shape index (κ2) is 10.2. The molecule has 0 aliphatic rings. The average molecular weight is 625 g/mol. The zero-order valence-corrected chi connectivity index (χ0v) is 19.2. The van der Waals surface area contributed by atoms with Crippen LogP contribution in [0.2, 0.25) is 0 Å². The Morgan fingerprint density at radius 3 is 0.786 bits per heavy atom. The zero-order valence-electron chi connectivity index (χ0n) is 19.2. The summed E-state index contributed by atoms with van der Waals surface area (Å²) in [6.07, 6.45) is -6.30. The third-order valence-corrected chi connectivity index (χ3v) is 6.46. The number of rotatable bonds is 4. The van der Waals surface area contributed by atoms with Crippen molar-refractivity contribution in [2.45, 2.75) is 0 Å². The van der Waals surface area contributed by atoms with Crippen molar-refractivity contribution in [1.82, 2.24) is 0 Å². The highest BCUT2D eigenvalue weighted by Gasteiger charge is 2.50. The van der Waals surface area contributed by atoms with Gasteiger partial charge in [0.1, 0.15) is 46.9 Å². The summed E-state index contributed by atoms with van der Waals surface area (Å²) in [7, 11) is 0.